The lowest BCUT2D eigenvalue weighted by Crippen LogP contribution is -2.43. The molecule has 0 N–H and O–H groups in total. The quantitative estimate of drug-likeness (QED) is 0.846. The van der Waals surface area contributed by atoms with Crippen molar-refractivity contribution in [2.75, 3.05) is 38.1 Å². The molecular weight excluding hydrogens is 316 g/mol. The highest BCUT2D eigenvalue weighted by Gasteiger charge is 2.26. The van der Waals surface area contributed by atoms with Gasteiger partial charge in [0.1, 0.15) is 5.82 Å². The topological polar surface area (TPSA) is 58.7 Å². The van der Waals surface area contributed by atoms with Crippen LogP contribution >= 0.6 is 0 Å². The predicted molar refractivity (Wildman–Crippen MR) is 98.4 cm³/mol. The Bertz CT molecular complexity index is 815. The number of imidazole rings is 1. The SMILES string of the molecule is CC(C)c1ncc2c(=O)n3c(nn12)N(CC1CCN(C)CC1)CCC3. The Balaban J connectivity index is 1.70. The molecule has 136 valence electrons. The number of anilines is 1. The summed E-state index contributed by atoms with van der Waals surface area (Å²) in [5, 5.41) is 4.85. The highest BCUT2D eigenvalue weighted by Crippen LogP contribution is 2.23. The molecule has 0 atom stereocenters. The zero-order valence-electron chi connectivity index (χ0n) is 15.5. The molecule has 0 saturated carbocycles. The molecule has 7 nitrogen and oxygen atoms in total. The van der Waals surface area contributed by atoms with Crippen LogP contribution in [0.15, 0.2) is 11.0 Å². The summed E-state index contributed by atoms with van der Waals surface area (Å²) in [7, 11) is 2.19. The largest absolute Gasteiger partial charge is 0.341 e. The van der Waals surface area contributed by atoms with E-state index < -0.39 is 0 Å². The Hall–Kier alpha value is -1.89. The Morgan fingerprint density at radius 3 is 2.68 bits per heavy atom. The van der Waals surface area contributed by atoms with E-state index in [4.69, 9.17) is 5.10 Å². The van der Waals surface area contributed by atoms with Crippen LogP contribution < -0.4 is 10.5 Å². The van der Waals surface area contributed by atoms with Crippen LogP contribution in [0.25, 0.3) is 5.52 Å². The number of nitrogens with zero attached hydrogens (tertiary/aromatic N) is 6. The van der Waals surface area contributed by atoms with Crippen molar-refractivity contribution in [3.63, 3.8) is 0 Å². The molecule has 1 saturated heterocycles. The second-order valence-electron chi connectivity index (χ2n) is 7.87. The van der Waals surface area contributed by atoms with E-state index >= 15 is 0 Å². The Morgan fingerprint density at radius 1 is 1.20 bits per heavy atom. The van der Waals surface area contributed by atoms with Gasteiger partial charge in [-0.05, 0) is 45.3 Å². The third kappa shape index (κ3) is 2.94. The van der Waals surface area contributed by atoms with Gasteiger partial charge in [0.05, 0.1) is 6.20 Å². The number of piperidine rings is 1. The van der Waals surface area contributed by atoms with E-state index in [0.717, 1.165) is 50.9 Å². The second-order valence-corrected chi connectivity index (χ2v) is 7.87. The van der Waals surface area contributed by atoms with E-state index in [1.807, 2.05) is 4.57 Å². The van der Waals surface area contributed by atoms with Crippen molar-refractivity contribution in [1.29, 1.82) is 0 Å². The molecule has 4 rings (SSSR count). The molecule has 0 bridgehead atoms. The Kier molecular flexibility index (Phi) is 4.27. The molecule has 0 radical (unpaired) electrons. The molecule has 2 aromatic rings. The maximum Gasteiger partial charge on any atom is 0.280 e. The fourth-order valence-corrected chi connectivity index (χ4v) is 4.06. The van der Waals surface area contributed by atoms with E-state index in [-0.39, 0.29) is 11.5 Å². The first-order valence-electron chi connectivity index (χ1n) is 9.46. The number of rotatable bonds is 3. The number of hydrogen-bond donors (Lipinski definition) is 0. The molecule has 2 aromatic heterocycles. The van der Waals surface area contributed by atoms with Gasteiger partial charge in [-0.3, -0.25) is 9.36 Å². The molecule has 0 spiro atoms. The van der Waals surface area contributed by atoms with Gasteiger partial charge in [-0.1, -0.05) is 13.8 Å². The van der Waals surface area contributed by atoms with Gasteiger partial charge in [-0.15, -0.1) is 5.10 Å². The van der Waals surface area contributed by atoms with E-state index in [0.29, 0.717) is 11.4 Å². The van der Waals surface area contributed by atoms with Gasteiger partial charge in [0, 0.05) is 25.6 Å². The summed E-state index contributed by atoms with van der Waals surface area (Å²) in [5.74, 6) is 2.61. The Labute approximate surface area is 148 Å². The molecule has 1 fully saturated rings. The smallest absolute Gasteiger partial charge is 0.280 e. The fraction of sp³-hybridized carbons (Fsp3) is 0.722. The van der Waals surface area contributed by atoms with Crippen molar-refractivity contribution in [3.8, 4) is 0 Å². The fourth-order valence-electron chi connectivity index (χ4n) is 4.06. The maximum absolute atomic E-state index is 12.9. The van der Waals surface area contributed by atoms with Gasteiger partial charge in [-0.2, -0.15) is 0 Å². The first-order valence-corrected chi connectivity index (χ1v) is 9.46. The molecule has 0 unspecified atom stereocenters. The van der Waals surface area contributed by atoms with Crippen molar-refractivity contribution >= 4 is 11.5 Å². The lowest BCUT2D eigenvalue weighted by molar-refractivity contribution is 0.219. The van der Waals surface area contributed by atoms with Crippen molar-refractivity contribution < 1.29 is 0 Å². The van der Waals surface area contributed by atoms with Crippen LogP contribution in [0.4, 0.5) is 5.95 Å². The van der Waals surface area contributed by atoms with Crippen molar-refractivity contribution in [3.05, 3.63) is 22.4 Å². The standard InChI is InChI=1S/C18H28N6O/c1-13(2)16-19-11-15-17(25)23-8-4-7-22(18(23)20-24(15)16)12-14-5-9-21(3)10-6-14/h11,13-14H,4-10,12H2,1-3H3. The molecule has 2 aliphatic rings. The lowest BCUT2D eigenvalue weighted by Gasteiger charge is -2.36. The molecule has 0 aromatic carbocycles. The molecule has 25 heavy (non-hydrogen) atoms. The summed E-state index contributed by atoms with van der Waals surface area (Å²) in [5.41, 5.74) is 0.631. The molecule has 0 amide bonds. The summed E-state index contributed by atoms with van der Waals surface area (Å²) < 4.78 is 3.62. The van der Waals surface area contributed by atoms with Crippen LogP contribution in [0.1, 0.15) is 44.9 Å². The minimum absolute atomic E-state index is 0.0393. The lowest BCUT2D eigenvalue weighted by atomic mass is 9.96. The van der Waals surface area contributed by atoms with Crippen LogP contribution in [0, 0.1) is 5.92 Å². The van der Waals surface area contributed by atoms with Crippen molar-refractivity contribution in [1.82, 2.24) is 24.1 Å². The highest BCUT2D eigenvalue weighted by molar-refractivity contribution is 5.47. The summed E-state index contributed by atoms with van der Waals surface area (Å²) in [6.07, 6.45) is 5.13. The normalized spacial score (nSPS) is 19.8. The van der Waals surface area contributed by atoms with Crippen LogP contribution in [-0.2, 0) is 6.54 Å². The van der Waals surface area contributed by atoms with Gasteiger partial charge < -0.3 is 9.80 Å². The first-order chi connectivity index (χ1) is 12.0. The van der Waals surface area contributed by atoms with E-state index in [9.17, 15) is 4.79 Å². The molecule has 4 heterocycles. The summed E-state index contributed by atoms with van der Waals surface area (Å²) in [6.45, 7) is 9.23. The minimum Gasteiger partial charge on any atom is -0.341 e. The van der Waals surface area contributed by atoms with Crippen molar-refractivity contribution in [2.45, 2.75) is 45.6 Å². The van der Waals surface area contributed by atoms with Gasteiger partial charge in [0.15, 0.2) is 5.52 Å². The number of aromatic nitrogens is 4. The zero-order chi connectivity index (χ0) is 17.6. The summed E-state index contributed by atoms with van der Waals surface area (Å²) >= 11 is 0. The van der Waals surface area contributed by atoms with Crippen molar-refractivity contribution in [2.24, 2.45) is 5.92 Å². The average molecular weight is 344 g/mol. The van der Waals surface area contributed by atoms with Crippen LogP contribution in [-0.4, -0.2) is 57.3 Å². The van der Waals surface area contributed by atoms with Gasteiger partial charge in [0.25, 0.3) is 5.56 Å². The van der Waals surface area contributed by atoms with Crippen LogP contribution in [0.3, 0.4) is 0 Å². The van der Waals surface area contributed by atoms with Crippen LogP contribution in [0.2, 0.25) is 0 Å². The average Bonchev–Trinajstić information content (AvgIpc) is 3.02. The third-order valence-corrected chi connectivity index (χ3v) is 5.59. The second kappa shape index (κ2) is 6.44. The highest BCUT2D eigenvalue weighted by atomic mass is 16.1. The summed E-state index contributed by atoms with van der Waals surface area (Å²) in [4.78, 5) is 22.1. The van der Waals surface area contributed by atoms with Crippen LogP contribution in [0.5, 0.6) is 0 Å². The predicted octanol–water partition coefficient (Wildman–Crippen LogP) is 1.57. The molecular formula is C18H28N6O. The zero-order valence-corrected chi connectivity index (χ0v) is 15.5. The van der Waals surface area contributed by atoms with Gasteiger partial charge in [-0.25, -0.2) is 9.50 Å². The molecule has 7 heteroatoms. The molecule has 2 aliphatic heterocycles. The van der Waals surface area contributed by atoms with E-state index in [1.165, 1.54) is 12.8 Å². The maximum atomic E-state index is 12.9. The minimum atomic E-state index is 0.0393. The monoisotopic (exact) mass is 344 g/mol. The van der Waals surface area contributed by atoms with Gasteiger partial charge >= 0.3 is 0 Å². The summed E-state index contributed by atoms with van der Waals surface area (Å²) in [6, 6.07) is 0. The number of likely N-dealkylation sites (tertiary alicyclic amines) is 1. The first kappa shape index (κ1) is 16.6. The number of hydrogen-bond acceptors (Lipinski definition) is 5. The van der Waals surface area contributed by atoms with Gasteiger partial charge in [0.2, 0.25) is 5.95 Å². The third-order valence-electron chi connectivity index (χ3n) is 5.59. The van der Waals surface area contributed by atoms with E-state index in [2.05, 4.69) is 35.7 Å². The number of fused-ring (bicyclic) bond motifs is 2. The molecule has 0 aliphatic carbocycles. The van der Waals surface area contributed by atoms with E-state index in [1.54, 1.807) is 10.7 Å². The Morgan fingerprint density at radius 2 is 1.96 bits per heavy atom.